The SMILES string of the molecule is N#Cc1ccnc(Sc2nc3ccc(N)cc3[nH]2)c1Cl. The highest BCUT2D eigenvalue weighted by atomic mass is 35.5. The Hall–Kier alpha value is -2.23. The number of nitrogens with one attached hydrogen (secondary N) is 1. The van der Waals surface area contributed by atoms with Gasteiger partial charge in [-0.2, -0.15) is 5.26 Å². The number of aromatic amines is 1. The molecule has 0 bridgehead atoms. The molecule has 2 aromatic heterocycles. The van der Waals surface area contributed by atoms with E-state index in [9.17, 15) is 0 Å². The largest absolute Gasteiger partial charge is 0.399 e. The van der Waals surface area contributed by atoms with E-state index in [0.717, 1.165) is 11.0 Å². The zero-order chi connectivity index (χ0) is 14.1. The molecule has 3 N–H and O–H groups in total. The van der Waals surface area contributed by atoms with Crippen molar-refractivity contribution in [2.75, 3.05) is 5.73 Å². The van der Waals surface area contributed by atoms with Gasteiger partial charge in [0.15, 0.2) is 5.16 Å². The van der Waals surface area contributed by atoms with Crippen LogP contribution in [0.3, 0.4) is 0 Å². The number of benzene rings is 1. The van der Waals surface area contributed by atoms with Crippen molar-refractivity contribution in [1.29, 1.82) is 5.26 Å². The first kappa shape index (κ1) is 12.8. The molecule has 3 rings (SSSR count). The molecule has 0 radical (unpaired) electrons. The fourth-order valence-corrected chi connectivity index (χ4v) is 2.80. The standard InChI is InChI=1S/C13H8ClN5S/c14-11-7(6-15)3-4-17-12(11)20-13-18-9-2-1-8(16)5-10(9)19-13/h1-5H,16H2,(H,18,19). The van der Waals surface area contributed by atoms with E-state index in [1.807, 2.05) is 18.2 Å². The minimum Gasteiger partial charge on any atom is -0.399 e. The summed E-state index contributed by atoms with van der Waals surface area (Å²) in [7, 11) is 0. The lowest BCUT2D eigenvalue weighted by atomic mass is 10.3. The Labute approximate surface area is 123 Å². The van der Waals surface area contributed by atoms with E-state index in [2.05, 4.69) is 15.0 Å². The summed E-state index contributed by atoms with van der Waals surface area (Å²) in [5.74, 6) is 0. The summed E-state index contributed by atoms with van der Waals surface area (Å²) < 4.78 is 0. The van der Waals surface area contributed by atoms with Crippen LogP contribution in [-0.4, -0.2) is 15.0 Å². The Morgan fingerprint density at radius 3 is 3.00 bits per heavy atom. The number of aromatic nitrogens is 3. The summed E-state index contributed by atoms with van der Waals surface area (Å²) in [4.78, 5) is 11.7. The number of pyridine rings is 1. The molecule has 98 valence electrons. The van der Waals surface area contributed by atoms with E-state index in [-0.39, 0.29) is 0 Å². The number of nitrogens with zero attached hydrogens (tertiary/aromatic N) is 3. The summed E-state index contributed by atoms with van der Waals surface area (Å²) in [6, 6.07) is 9.04. The van der Waals surface area contributed by atoms with E-state index in [4.69, 9.17) is 22.6 Å². The van der Waals surface area contributed by atoms with E-state index in [0.29, 0.717) is 26.5 Å². The van der Waals surface area contributed by atoms with Gasteiger partial charge in [-0.3, -0.25) is 0 Å². The predicted octanol–water partition coefficient (Wildman–Crippen LogP) is 3.22. The lowest BCUT2D eigenvalue weighted by Gasteiger charge is -2.01. The molecule has 5 nitrogen and oxygen atoms in total. The Morgan fingerprint density at radius 1 is 1.35 bits per heavy atom. The predicted molar refractivity (Wildman–Crippen MR) is 78.6 cm³/mol. The fourth-order valence-electron chi connectivity index (χ4n) is 1.73. The highest BCUT2D eigenvalue weighted by Crippen LogP contribution is 2.32. The van der Waals surface area contributed by atoms with E-state index in [1.165, 1.54) is 11.8 Å². The van der Waals surface area contributed by atoms with Gasteiger partial charge >= 0.3 is 0 Å². The molecular weight excluding hydrogens is 294 g/mol. The lowest BCUT2D eigenvalue weighted by Crippen LogP contribution is -1.86. The van der Waals surface area contributed by atoms with Crippen molar-refractivity contribution in [3.63, 3.8) is 0 Å². The Bertz CT molecular complexity index is 836. The zero-order valence-corrected chi connectivity index (χ0v) is 11.7. The minimum absolute atomic E-state index is 0.333. The van der Waals surface area contributed by atoms with Crippen LogP contribution in [0.4, 0.5) is 5.69 Å². The molecule has 0 unspecified atom stereocenters. The van der Waals surface area contributed by atoms with Crippen molar-refractivity contribution in [1.82, 2.24) is 15.0 Å². The van der Waals surface area contributed by atoms with Crippen LogP contribution < -0.4 is 5.73 Å². The van der Waals surface area contributed by atoms with E-state index in [1.54, 1.807) is 18.3 Å². The zero-order valence-electron chi connectivity index (χ0n) is 10.1. The number of fused-ring (bicyclic) bond motifs is 1. The molecule has 0 amide bonds. The van der Waals surface area contributed by atoms with Gasteiger partial charge < -0.3 is 10.7 Å². The van der Waals surface area contributed by atoms with E-state index >= 15 is 0 Å². The second-order valence-electron chi connectivity index (χ2n) is 4.01. The van der Waals surface area contributed by atoms with Gasteiger partial charge in [0.25, 0.3) is 0 Å². The number of halogens is 1. The molecule has 20 heavy (non-hydrogen) atoms. The average Bonchev–Trinajstić information content (AvgIpc) is 2.82. The molecule has 0 aliphatic heterocycles. The number of H-pyrrole nitrogens is 1. The van der Waals surface area contributed by atoms with Crippen molar-refractivity contribution < 1.29 is 0 Å². The van der Waals surface area contributed by atoms with Gasteiger partial charge in [-0.25, -0.2) is 9.97 Å². The van der Waals surface area contributed by atoms with Crippen LogP contribution in [0.25, 0.3) is 11.0 Å². The van der Waals surface area contributed by atoms with Crippen LogP contribution in [0.1, 0.15) is 5.56 Å². The molecule has 0 aliphatic carbocycles. The normalized spacial score (nSPS) is 10.6. The number of nitriles is 1. The number of nitrogen functional groups attached to an aromatic ring is 1. The van der Waals surface area contributed by atoms with Gasteiger partial charge in [0.2, 0.25) is 0 Å². The molecule has 3 aromatic rings. The molecule has 0 saturated carbocycles. The number of hydrogen-bond acceptors (Lipinski definition) is 5. The Morgan fingerprint density at radius 2 is 2.20 bits per heavy atom. The topological polar surface area (TPSA) is 91.4 Å². The summed E-state index contributed by atoms with van der Waals surface area (Å²) in [5.41, 5.74) is 8.45. The third-order valence-corrected chi connectivity index (χ3v) is 4.04. The lowest BCUT2D eigenvalue weighted by molar-refractivity contribution is 1.05. The molecular formula is C13H8ClN5S. The van der Waals surface area contributed by atoms with Crippen LogP contribution in [0.15, 0.2) is 40.6 Å². The highest BCUT2D eigenvalue weighted by molar-refractivity contribution is 7.99. The molecule has 0 fully saturated rings. The monoisotopic (exact) mass is 301 g/mol. The van der Waals surface area contributed by atoms with Crippen LogP contribution in [-0.2, 0) is 0 Å². The molecule has 0 aliphatic rings. The number of nitrogens with two attached hydrogens (primary N) is 1. The summed E-state index contributed by atoms with van der Waals surface area (Å²) in [6.45, 7) is 0. The van der Waals surface area contributed by atoms with Gasteiger partial charge in [-0.1, -0.05) is 11.6 Å². The van der Waals surface area contributed by atoms with Gasteiger partial charge in [0, 0.05) is 11.9 Å². The first-order chi connectivity index (χ1) is 9.67. The minimum atomic E-state index is 0.333. The van der Waals surface area contributed by atoms with Crippen molar-refractivity contribution in [3.8, 4) is 6.07 Å². The maximum Gasteiger partial charge on any atom is 0.172 e. The average molecular weight is 302 g/mol. The van der Waals surface area contributed by atoms with Crippen LogP contribution >= 0.6 is 23.4 Å². The van der Waals surface area contributed by atoms with Gasteiger partial charge in [-0.15, -0.1) is 0 Å². The second-order valence-corrected chi connectivity index (χ2v) is 5.37. The Kier molecular flexibility index (Phi) is 3.22. The van der Waals surface area contributed by atoms with Gasteiger partial charge in [0.05, 0.1) is 21.6 Å². The van der Waals surface area contributed by atoms with Crippen molar-refractivity contribution in [2.45, 2.75) is 10.2 Å². The maximum atomic E-state index is 8.95. The summed E-state index contributed by atoms with van der Waals surface area (Å²) >= 11 is 7.39. The fraction of sp³-hybridized carbons (Fsp3) is 0. The molecule has 1 aromatic carbocycles. The van der Waals surface area contributed by atoms with Crippen molar-refractivity contribution in [3.05, 3.63) is 41.0 Å². The summed E-state index contributed by atoms with van der Waals surface area (Å²) in [6.07, 6.45) is 1.55. The Balaban J connectivity index is 1.99. The molecule has 0 atom stereocenters. The van der Waals surface area contributed by atoms with Crippen molar-refractivity contribution >= 4 is 40.1 Å². The second kappa shape index (κ2) is 5.04. The summed E-state index contributed by atoms with van der Waals surface area (Å²) in [5, 5.41) is 10.5. The maximum absolute atomic E-state index is 8.95. The number of imidazole rings is 1. The van der Waals surface area contributed by atoms with Crippen LogP contribution in [0.5, 0.6) is 0 Å². The first-order valence-electron chi connectivity index (χ1n) is 5.65. The first-order valence-corrected chi connectivity index (χ1v) is 6.84. The van der Waals surface area contributed by atoms with Crippen LogP contribution in [0, 0.1) is 11.3 Å². The smallest absolute Gasteiger partial charge is 0.172 e. The quantitative estimate of drug-likeness (QED) is 0.709. The molecule has 2 heterocycles. The van der Waals surface area contributed by atoms with E-state index < -0.39 is 0 Å². The number of hydrogen-bond donors (Lipinski definition) is 2. The van der Waals surface area contributed by atoms with Crippen molar-refractivity contribution in [2.24, 2.45) is 0 Å². The number of anilines is 1. The van der Waals surface area contributed by atoms with Gasteiger partial charge in [-0.05, 0) is 36.0 Å². The van der Waals surface area contributed by atoms with Gasteiger partial charge in [0.1, 0.15) is 11.1 Å². The molecule has 0 spiro atoms. The third kappa shape index (κ3) is 2.29. The number of rotatable bonds is 2. The molecule has 7 heteroatoms. The highest BCUT2D eigenvalue weighted by Gasteiger charge is 2.11. The molecule has 0 saturated heterocycles. The third-order valence-electron chi connectivity index (χ3n) is 2.66. The van der Waals surface area contributed by atoms with Crippen LogP contribution in [0.2, 0.25) is 5.02 Å².